The van der Waals surface area contributed by atoms with Crippen LogP contribution in [0.15, 0.2) is 146 Å². The number of unbranched alkanes of at least 4 members (excludes halogenated alkanes) is 24. The second kappa shape index (κ2) is 67.8. The van der Waals surface area contributed by atoms with Crippen molar-refractivity contribution in [3.05, 3.63) is 146 Å². The minimum atomic E-state index is -0.812. The van der Waals surface area contributed by atoms with E-state index in [2.05, 4.69) is 167 Å². The Morgan fingerprint density at radius 1 is 0.259 bits per heavy atom. The van der Waals surface area contributed by atoms with Gasteiger partial charge in [-0.15, -0.1) is 0 Å². The molecule has 0 radical (unpaired) electrons. The van der Waals surface area contributed by atoms with Crippen LogP contribution in [0.25, 0.3) is 0 Å². The summed E-state index contributed by atoms with van der Waals surface area (Å²) in [7, 11) is 0. The van der Waals surface area contributed by atoms with Crippen LogP contribution in [0.2, 0.25) is 0 Å². The van der Waals surface area contributed by atoms with Crippen LogP contribution in [-0.2, 0) is 28.6 Å². The average Bonchev–Trinajstić information content (AvgIpc) is 3.47. The van der Waals surface area contributed by atoms with E-state index in [0.717, 1.165) is 148 Å². The van der Waals surface area contributed by atoms with Crippen molar-refractivity contribution in [1.82, 2.24) is 0 Å². The van der Waals surface area contributed by atoms with Crippen LogP contribution in [0.1, 0.15) is 290 Å². The largest absolute Gasteiger partial charge is 0.462 e. The molecule has 1 atom stereocenters. The van der Waals surface area contributed by atoms with Gasteiger partial charge in [0.15, 0.2) is 6.10 Å². The van der Waals surface area contributed by atoms with E-state index in [4.69, 9.17) is 14.2 Å². The maximum atomic E-state index is 13.0. The van der Waals surface area contributed by atoms with Crippen LogP contribution in [0.4, 0.5) is 0 Å². The van der Waals surface area contributed by atoms with E-state index in [9.17, 15) is 14.4 Å². The van der Waals surface area contributed by atoms with E-state index in [1.807, 2.05) is 0 Å². The summed E-state index contributed by atoms with van der Waals surface area (Å²) in [5.74, 6) is -0.962. The van der Waals surface area contributed by atoms with Crippen molar-refractivity contribution >= 4 is 17.9 Å². The van der Waals surface area contributed by atoms with E-state index < -0.39 is 6.10 Å². The van der Waals surface area contributed by atoms with Crippen molar-refractivity contribution in [3.63, 3.8) is 0 Å². The summed E-state index contributed by atoms with van der Waals surface area (Å²) in [6.07, 6.45) is 97.1. The van der Waals surface area contributed by atoms with Crippen molar-refractivity contribution < 1.29 is 28.6 Å². The van der Waals surface area contributed by atoms with Crippen LogP contribution in [-0.4, -0.2) is 37.2 Å². The summed E-state index contributed by atoms with van der Waals surface area (Å²) in [6.45, 7) is 6.38. The van der Waals surface area contributed by atoms with E-state index >= 15 is 0 Å². The summed E-state index contributed by atoms with van der Waals surface area (Å²) in [4.78, 5) is 38.4. The van der Waals surface area contributed by atoms with Crippen molar-refractivity contribution in [1.29, 1.82) is 0 Å². The molecule has 0 aliphatic carbocycles. The predicted octanol–water partition coefficient (Wildman–Crippen LogP) is 23.1. The van der Waals surface area contributed by atoms with Crippen molar-refractivity contribution in [3.8, 4) is 0 Å². The van der Waals surface area contributed by atoms with Gasteiger partial charge in [0.1, 0.15) is 13.2 Å². The molecule has 0 fully saturated rings. The highest BCUT2D eigenvalue weighted by Gasteiger charge is 2.19. The lowest BCUT2D eigenvalue weighted by atomic mass is 10.1. The summed E-state index contributed by atoms with van der Waals surface area (Å²) >= 11 is 0. The van der Waals surface area contributed by atoms with E-state index in [1.54, 1.807) is 0 Å². The molecule has 0 aromatic rings. The molecule has 0 aromatic carbocycles. The summed E-state index contributed by atoms with van der Waals surface area (Å²) in [5.41, 5.74) is 0. The van der Waals surface area contributed by atoms with Gasteiger partial charge in [-0.1, -0.05) is 276 Å². The number of hydrogen-bond acceptors (Lipinski definition) is 6. The van der Waals surface area contributed by atoms with Crippen LogP contribution in [0, 0.1) is 0 Å². The SMILES string of the molecule is CC/C=C\C/C=C\C/C=C\C/C=C\C/C=C\C/C=C\CCCCCCC(=O)OCC(COC(=O)CCCCC/C=C\C/C=C\C/C=C\C/C=C\C/C=C\CC)OC(=O)CCCCCCCCCCC/C=C\CCCCCCCCCC. The van der Waals surface area contributed by atoms with Crippen LogP contribution in [0.3, 0.4) is 0 Å². The lowest BCUT2D eigenvalue weighted by Gasteiger charge is -2.18. The second-order valence-electron chi connectivity index (χ2n) is 21.6. The Morgan fingerprint density at radius 2 is 0.481 bits per heavy atom. The quantitative estimate of drug-likeness (QED) is 0.0261. The Hall–Kier alpha value is -4.71. The molecule has 0 saturated heterocycles. The third-order valence-corrected chi connectivity index (χ3v) is 13.8. The topological polar surface area (TPSA) is 78.9 Å². The van der Waals surface area contributed by atoms with Gasteiger partial charge in [0.05, 0.1) is 0 Å². The predicted molar refractivity (Wildman–Crippen MR) is 352 cm³/mol. The fourth-order valence-electron chi connectivity index (χ4n) is 8.88. The average molecular weight is 1120 g/mol. The molecule has 0 rings (SSSR count). The van der Waals surface area contributed by atoms with Gasteiger partial charge in [-0.05, 0) is 141 Å². The summed E-state index contributed by atoms with van der Waals surface area (Å²) in [5, 5.41) is 0. The molecule has 81 heavy (non-hydrogen) atoms. The number of hydrogen-bond donors (Lipinski definition) is 0. The Kier molecular flexibility index (Phi) is 63.9. The molecule has 0 bridgehead atoms. The molecule has 0 aromatic heterocycles. The van der Waals surface area contributed by atoms with Gasteiger partial charge in [0.25, 0.3) is 0 Å². The van der Waals surface area contributed by atoms with Gasteiger partial charge in [0, 0.05) is 19.3 Å². The Morgan fingerprint density at radius 3 is 0.778 bits per heavy atom. The van der Waals surface area contributed by atoms with Crippen LogP contribution < -0.4 is 0 Å². The normalized spacial score (nSPS) is 13.1. The number of carbonyl (C=O) groups is 3. The van der Waals surface area contributed by atoms with Crippen LogP contribution in [0.5, 0.6) is 0 Å². The first-order valence-corrected chi connectivity index (χ1v) is 33.3. The van der Waals surface area contributed by atoms with Crippen molar-refractivity contribution in [2.24, 2.45) is 0 Å². The summed E-state index contributed by atoms with van der Waals surface area (Å²) in [6, 6.07) is 0. The molecular weight excluding hydrogens is 997 g/mol. The Labute approximate surface area is 499 Å². The van der Waals surface area contributed by atoms with Crippen molar-refractivity contribution in [2.75, 3.05) is 13.2 Å². The number of ether oxygens (including phenoxy) is 3. The lowest BCUT2D eigenvalue weighted by molar-refractivity contribution is -0.167. The molecule has 0 spiro atoms. The zero-order valence-corrected chi connectivity index (χ0v) is 52.5. The maximum absolute atomic E-state index is 13.0. The first-order chi connectivity index (χ1) is 40.0. The zero-order chi connectivity index (χ0) is 58.5. The Balaban J connectivity index is 4.51. The van der Waals surface area contributed by atoms with Gasteiger partial charge in [-0.2, -0.15) is 0 Å². The van der Waals surface area contributed by atoms with E-state index in [-0.39, 0.29) is 31.1 Å². The van der Waals surface area contributed by atoms with Gasteiger partial charge in [-0.25, -0.2) is 0 Å². The third kappa shape index (κ3) is 66.0. The molecule has 6 nitrogen and oxygen atoms in total. The highest BCUT2D eigenvalue weighted by atomic mass is 16.6. The zero-order valence-electron chi connectivity index (χ0n) is 52.5. The second-order valence-corrected chi connectivity index (χ2v) is 21.6. The molecule has 0 heterocycles. The highest BCUT2D eigenvalue weighted by Crippen LogP contribution is 2.15. The first-order valence-electron chi connectivity index (χ1n) is 33.3. The minimum absolute atomic E-state index is 0.108. The number of esters is 3. The number of carbonyl (C=O) groups excluding carboxylic acids is 3. The standard InChI is InChI=1S/C75H122O6/c1-4-7-10-13-16-19-22-25-28-31-34-36-37-39-41-44-47-50-53-56-59-62-65-68-74(77)80-71-72(70-79-73(76)67-64-61-58-55-52-49-46-43-40-33-30-27-24-21-18-15-12-9-6-3)81-75(78)69-66-63-60-57-54-51-48-45-42-38-35-32-29-26-23-20-17-14-11-8-5-2/h7,9-10,12,16,18-19,21,25,27-28,30,32,34-36,39-41,43,47,49-50,52,72H,4-6,8,11,13-15,17,20,22-24,26,29,31,33,37-38,42,44-46,48,51,53-71H2,1-3H3/b10-7-,12-9-,19-16-,21-18-,28-25-,30-27-,35-32-,36-34-,41-39-,43-40-,50-47-,52-49-. The monoisotopic (exact) mass is 1120 g/mol. The van der Waals surface area contributed by atoms with Gasteiger partial charge < -0.3 is 14.2 Å². The highest BCUT2D eigenvalue weighted by molar-refractivity contribution is 5.71. The van der Waals surface area contributed by atoms with Gasteiger partial charge >= 0.3 is 17.9 Å². The first kappa shape index (κ1) is 76.3. The molecular formula is C75H122O6. The molecule has 0 amide bonds. The molecule has 0 N–H and O–H groups in total. The molecule has 458 valence electrons. The molecule has 0 saturated carbocycles. The van der Waals surface area contributed by atoms with E-state index in [0.29, 0.717) is 19.3 Å². The fraction of sp³-hybridized carbons (Fsp3) is 0.640. The van der Waals surface area contributed by atoms with Gasteiger partial charge in [0.2, 0.25) is 0 Å². The Bertz CT molecular complexity index is 1760. The number of rotatable bonds is 59. The molecule has 0 aliphatic heterocycles. The van der Waals surface area contributed by atoms with E-state index in [1.165, 1.54) is 103 Å². The fourth-order valence-corrected chi connectivity index (χ4v) is 8.88. The smallest absolute Gasteiger partial charge is 0.306 e. The number of allylic oxidation sites excluding steroid dienone is 24. The molecule has 6 heteroatoms. The molecule has 1 unspecified atom stereocenters. The maximum Gasteiger partial charge on any atom is 0.306 e. The lowest BCUT2D eigenvalue weighted by Crippen LogP contribution is -2.30. The minimum Gasteiger partial charge on any atom is -0.462 e. The molecule has 0 aliphatic rings. The van der Waals surface area contributed by atoms with Crippen LogP contribution >= 0.6 is 0 Å². The summed E-state index contributed by atoms with van der Waals surface area (Å²) < 4.78 is 16.9. The van der Waals surface area contributed by atoms with Gasteiger partial charge in [-0.3, -0.25) is 14.4 Å². The van der Waals surface area contributed by atoms with Crippen molar-refractivity contribution in [2.45, 2.75) is 297 Å². The third-order valence-electron chi connectivity index (χ3n) is 13.8.